The van der Waals surface area contributed by atoms with Crippen molar-refractivity contribution in [3.8, 4) is 0 Å². The molecule has 2 rings (SSSR count). The molecule has 96 valence electrons. The maximum absolute atomic E-state index is 4.18. The second-order valence-corrected chi connectivity index (χ2v) is 4.68. The molecule has 0 N–H and O–H groups in total. The number of aryl methyl sites for hydroxylation is 1. The van der Waals surface area contributed by atoms with Crippen molar-refractivity contribution in [2.45, 2.75) is 45.6 Å². The molecule has 3 nitrogen and oxygen atoms in total. The largest absolute Gasteiger partial charge is 0.245 e. The van der Waals surface area contributed by atoms with Crippen LogP contribution in [0.4, 0.5) is 0 Å². The third kappa shape index (κ3) is 3.69. The average Bonchev–Trinajstić information content (AvgIpc) is 2.83. The van der Waals surface area contributed by atoms with Crippen LogP contribution in [0, 0.1) is 0 Å². The van der Waals surface area contributed by atoms with Crippen molar-refractivity contribution in [1.82, 2.24) is 15.0 Å². The highest BCUT2D eigenvalue weighted by Gasteiger charge is 2.04. The Bertz CT molecular complexity index is 448. The summed E-state index contributed by atoms with van der Waals surface area (Å²) in [5.41, 5.74) is 2.52. The van der Waals surface area contributed by atoms with Crippen LogP contribution in [0.15, 0.2) is 36.5 Å². The Morgan fingerprint density at radius 3 is 2.67 bits per heavy atom. The fraction of sp³-hybridized carbons (Fsp3) is 0.467. The van der Waals surface area contributed by atoms with Crippen molar-refractivity contribution in [3.05, 3.63) is 47.8 Å². The van der Waals surface area contributed by atoms with Crippen LogP contribution in [0.5, 0.6) is 0 Å². The summed E-state index contributed by atoms with van der Waals surface area (Å²) in [4.78, 5) is 0. The highest BCUT2D eigenvalue weighted by Crippen LogP contribution is 2.09. The summed E-state index contributed by atoms with van der Waals surface area (Å²) in [5, 5.41) is 8.21. The number of hydrogen-bond acceptors (Lipinski definition) is 2. The van der Waals surface area contributed by atoms with E-state index in [4.69, 9.17) is 0 Å². The molecule has 1 heterocycles. The second kappa shape index (κ2) is 6.94. The lowest BCUT2D eigenvalue weighted by Crippen LogP contribution is -2.06. The van der Waals surface area contributed by atoms with Crippen LogP contribution in [-0.4, -0.2) is 15.0 Å². The molecule has 0 unspecified atom stereocenters. The summed E-state index contributed by atoms with van der Waals surface area (Å²) in [5.74, 6) is 0. The van der Waals surface area contributed by atoms with E-state index in [0.717, 1.165) is 13.0 Å². The van der Waals surface area contributed by atoms with Gasteiger partial charge in [-0.2, -0.15) is 0 Å². The lowest BCUT2D eigenvalue weighted by molar-refractivity contribution is 0.591. The maximum atomic E-state index is 4.18. The number of benzene rings is 1. The van der Waals surface area contributed by atoms with Gasteiger partial charge in [-0.3, -0.25) is 0 Å². The standard InChI is InChI=1S/C15H21N3/c1-2-3-4-8-11-15-12-16-17-18(15)13-14-9-6-5-7-10-14/h5-7,9-10,12H,2-4,8,11,13H2,1H3. The molecule has 0 aliphatic heterocycles. The minimum Gasteiger partial charge on any atom is -0.245 e. The molecule has 0 aliphatic rings. The molecule has 0 fully saturated rings. The monoisotopic (exact) mass is 243 g/mol. The number of unbranched alkanes of at least 4 members (excludes halogenated alkanes) is 3. The van der Waals surface area contributed by atoms with E-state index in [0.29, 0.717) is 0 Å². The molecule has 18 heavy (non-hydrogen) atoms. The lowest BCUT2D eigenvalue weighted by atomic mass is 10.1. The topological polar surface area (TPSA) is 30.7 Å². The van der Waals surface area contributed by atoms with Crippen LogP contribution >= 0.6 is 0 Å². The van der Waals surface area contributed by atoms with Crippen LogP contribution in [0.3, 0.4) is 0 Å². The van der Waals surface area contributed by atoms with Crippen molar-refractivity contribution < 1.29 is 0 Å². The molecule has 0 radical (unpaired) electrons. The third-order valence-electron chi connectivity index (χ3n) is 3.16. The van der Waals surface area contributed by atoms with Crippen LogP contribution < -0.4 is 0 Å². The number of rotatable bonds is 7. The van der Waals surface area contributed by atoms with Crippen LogP contribution in [-0.2, 0) is 13.0 Å². The molecule has 0 spiro atoms. The van der Waals surface area contributed by atoms with Gasteiger partial charge in [0.25, 0.3) is 0 Å². The van der Waals surface area contributed by atoms with Crippen molar-refractivity contribution in [2.24, 2.45) is 0 Å². The first kappa shape index (κ1) is 12.8. The van der Waals surface area contributed by atoms with Gasteiger partial charge in [-0.1, -0.05) is 61.7 Å². The SMILES string of the molecule is CCCCCCc1cnnn1Cc1ccccc1. The Morgan fingerprint density at radius 2 is 1.89 bits per heavy atom. The van der Waals surface area contributed by atoms with E-state index in [2.05, 4.69) is 41.5 Å². The smallest absolute Gasteiger partial charge is 0.0725 e. The summed E-state index contributed by atoms with van der Waals surface area (Å²) >= 11 is 0. The zero-order valence-corrected chi connectivity index (χ0v) is 11.0. The van der Waals surface area contributed by atoms with Gasteiger partial charge in [-0.15, -0.1) is 5.10 Å². The van der Waals surface area contributed by atoms with E-state index < -0.39 is 0 Å². The van der Waals surface area contributed by atoms with E-state index in [-0.39, 0.29) is 0 Å². The summed E-state index contributed by atoms with van der Waals surface area (Å²) in [6.07, 6.45) is 8.11. The molecule has 0 saturated carbocycles. The van der Waals surface area contributed by atoms with Gasteiger partial charge in [0, 0.05) is 0 Å². The predicted octanol–water partition coefficient (Wildman–Crippen LogP) is 3.45. The maximum Gasteiger partial charge on any atom is 0.0725 e. The van der Waals surface area contributed by atoms with E-state index in [1.807, 2.05) is 16.9 Å². The highest BCUT2D eigenvalue weighted by atomic mass is 15.4. The van der Waals surface area contributed by atoms with Crippen molar-refractivity contribution in [2.75, 3.05) is 0 Å². The lowest BCUT2D eigenvalue weighted by Gasteiger charge is -2.06. The first-order valence-electron chi connectivity index (χ1n) is 6.81. The van der Waals surface area contributed by atoms with E-state index in [9.17, 15) is 0 Å². The zero-order chi connectivity index (χ0) is 12.6. The van der Waals surface area contributed by atoms with Crippen LogP contribution in [0.25, 0.3) is 0 Å². The minimum absolute atomic E-state index is 0.823. The van der Waals surface area contributed by atoms with Crippen LogP contribution in [0.1, 0.15) is 43.9 Å². The first-order valence-corrected chi connectivity index (χ1v) is 6.81. The molecule has 1 aromatic carbocycles. The minimum atomic E-state index is 0.823. The molecular weight excluding hydrogens is 222 g/mol. The van der Waals surface area contributed by atoms with Gasteiger partial charge >= 0.3 is 0 Å². The van der Waals surface area contributed by atoms with Gasteiger partial charge in [0.15, 0.2) is 0 Å². The molecule has 0 amide bonds. The van der Waals surface area contributed by atoms with Gasteiger partial charge in [0.2, 0.25) is 0 Å². The Morgan fingerprint density at radius 1 is 1.06 bits per heavy atom. The number of aromatic nitrogens is 3. The fourth-order valence-electron chi connectivity index (χ4n) is 2.09. The van der Waals surface area contributed by atoms with Gasteiger partial charge in [-0.25, -0.2) is 4.68 Å². The molecule has 1 aromatic heterocycles. The van der Waals surface area contributed by atoms with Gasteiger partial charge < -0.3 is 0 Å². The first-order chi connectivity index (χ1) is 8.90. The summed E-state index contributed by atoms with van der Waals surface area (Å²) < 4.78 is 2.02. The molecule has 0 aliphatic carbocycles. The van der Waals surface area contributed by atoms with Crippen molar-refractivity contribution in [3.63, 3.8) is 0 Å². The normalized spacial score (nSPS) is 10.7. The van der Waals surface area contributed by atoms with E-state index in [1.165, 1.54) is 36.9 Å². The van der Waals surface area contributed by atoms with E-state index >= 15 is 0 Å². The molecule has 0 atom stereocenters. The summed E-state index contributed by atoms with van der Waals surface area (Å²) in [7, 11) is 0. The second-order valence-electron chi connectivity index (χ2n) is 4.68. The van der Waals surface area contributed by atoms with Gasteiger partial charge in [0.05, 0.1) is 18.4 Å². The molecule has 2 aromatic rings. The Kier molecular flexibility index (Phi) is 4.94. The molecule has 0 saturated heterocycles. The highest BCUT2D eigenvalue weighted by molar-refractivity contribution is 5.15. The number of nitrogens with zero attached hydrogens (tertiary/aromatic N) is 3. The Hall–Kier alpha value is -1.64. The predicted molar refractivity (Wildman–Crippen MR) is 73.4 cm³/mol. The van der Waals surface area contributed by atoms with Gasteiger partial charge in [-0.05, 0) is 18.4 Å². The van der Waals surface area contributed by atoms with Crippen LogP contribution in [0.2, 0.25) is 0 Å². The third-order valence-corrected chi connectivity index (χ3v) is 3.16. The molecule has 3 heteroatoms. The van der Waals surface area contributed by atoms with Crippen molar-refractivity contribution in [1.29, 1.82) is 0 Å². The quantitative estimate of drug-likeness (QED) is 0.697. The Balaban J connectivity index is 1.91. The molecular formula is C15H21N3. The summed E-state index contributed by atoms with van der Waals surface area (Å²) in [6.45, 7) is 3.06. The molecule has 0 bridgehead atoms. The summed E-state index contributed by atoms with van der Waals surface area (Å²) in [6, 6.07) is 10.4. The zero-order valence-electron chi connectivity index (χ0n) is 11.0. The fourth-order valence-corrected chi connectivity index (χ4v) is 2.09. The van der Waals surface area contributed by atoms with Gasteiger partial charge in [0.1, 0.15) is 0 Å². The van der Waals surface area contributed by atoms with Crippen molar-refractivity contribution >= 4 is 0 Å². The average molecular weight is 243 g/mol. The van der Waals surface area contributed by atoms with E-state index in [1.54, 1.807) is 0 Å². The Labute approximate surface area is 109 Å². The number of hydrogen-bond donors (Lipinski definition) is 0.